The summed E-state index contributed by atoms with van der Waals surface area (Å²) >= 11 is 0. The standard InChI is InChI=1S/C7H16N4O/c1-4-10-6(9)11-7(2,3)5(8)12/h4H2,1-3H3,(H2,8,12)(H3,9,10,11). The summed E-state index contributed by atoms with van der Waals surface area (Å²) in [6, 6.07) is 0. The number of primary amides is 1. The number of nitrogens with one attached hydrogen (secondary N) is 1. The molecular formula is C7H16N4O. The van der Waals surface area contributed by atoms with Crippen LogP contribution >= 0.6 is 0 Å². The molecule has 0 aromatic carbocycles. The van der Waals surface area contributed by atoms with Crippen molar-refractivity contribution >= 4 is 11.9 Å². The largest absolute Gasteiger partial charge is 0.370 e. The number of carbonyl (C=O) groups excluding carboxylic acids is 1. The first-order valence-corrected chi connectivity index (χ1v) is 3.78. The third-order valence-electron chi connectivity index (χ3n) is 1.39. The van der Waals surface area contributed by atoms with Gasteiger partial charge in [0.05, 0.1) is 0 Å². The van der Waals surface area contributed by atoms with Crippen LogP contribution < -0.4 is 16.8 Å². The minimum Gasteiger partial charge on any atom is -0.370 e. The van der Waals surface area contributed by atoms with Crippen LogP contribution in [0.25, 0.3) is 0 Å². The number of nitrogens with two attached hydrogens (primary N) is 2. The summed E-state index contributed by atoms with van der Waals surface area (Å²) in [6.07, 6.45) is 0. The van der Waals surface area contributed by atoms with Crippen LogP contribution in [0.15, 0.2) is 4.99 Å². The summed E-state index contributed by atoms with van der Waals surface area (Å²) in [7, 11) is 0. The van der Waals surface area contributed by atoms with E-state index in [9.17, 15) is 4.79 Å². The van der Waals surface area contributed by atoms with Gasteiger partial charge in [-0.3, -0.25) is 9.79 Å². The van der Waals surface area contributed by atoms with Gasteiger partial charge >= 0.3 is 0 Å². The summed E-state index contributed by atoms with van der Waals surface area (Å²) in [5.41, 5.74) is 9.70. The van der Waals surface area contributed by atoms with Crippen molar-refractivity contribution in [1.29, 1.82) is 0 Å². The molecule has 1 amide bonds. The van der Waals surface area contributed by atoms with E-state index in [0.717, 1.165) is 0 Å². The topological polar surface area (TPSA) is 93.5 Å². The second-order valence-electron chi connectivity index (χ2n) is 2.97. The maximum atomic E-state index is 10.8. The molecule has 0 radical (unpaired) electrons. The van der Waals surface area contributed by atoms with Crippen molar-refractivity contribution in [1.82, 2.24) is 5.32 Å². The Bertz CT molecular complexity index is 198. The van der Waals surface area contributed by atoms with Gasteiger partial charge in [-0.05, 0) is 20.8 Å². The van der Waals surface area contributed by atoms with Crippen LogP contribution in [0.5, 0.6) is 0 Å². The van der Waals surface area contributed by atoms with Gasteiger partial charge in [-0.15, -0.1) is 0 Å². The zero-order valence-corrected chi connectivity index (χ0v) is 7.72. The zero-order valence-electron chi connectivity index (χ0n) is 7.72. The molecule has 0 fully saturated rings. The van der Waals surface area contributed by atoms with Crippen molar-refractivity contribution in [2.45, 2.75) is 26.3 Å². The maximum absolute atomic E-state index is 10.8. The fourth-order valence-corrected chi connectivity index (χ4v) is 0.592. The monoisotopic (exact) mass is 172 g/mol. The molecule has 0 rings (SSSR count). The lowest BCUT2D eigenvalue weighted by molar-refractivity contribution is -0.122. The molecular weight excluding hydrogens is 156 g/mol. The molecule has 0 saturated heterocycles. The molecule has 0 aliphatic carbocycles. The minimum absolute atomic E-state index is 0.237. The number of rotatable bonds is 3. The Morgan fingerprint density at radius 1 is 1.50 bits per heavy atom. The number of amides is 1. The number of guanidine groups is 1. The average molecular weight is 172 g/mol. The van der Waals surface area contributed by atoms with Crippen LogP contribution in [0.4, 0.5) is 0 Å². The van der Waals surface area contributed by atoms with Crippen LogP contribution in [-0.2, 0) is 4.79 Å². The van der Waals surface area contributed by atoms with Crippen molar-refractivity contribution in [3.8, 4) is 0 Å². The van der Waals surface area contributed by atoms with Gasteiger partial charge in [-0.2, -0.15) is 0 Å². The van der Waals surface area contributed by atoms with Gasteiger partial charge in [0.2, 0.25) is 5.91 Å². The Hall–Kier alpha value is -1.26. The van der Waals surface area contributed by atoms with Crippen molar-refractivity contribution in [3.05, 3.63) is 0 Å². The molecule has 0 aromatic rings. The molecule has 70 valence electrons. The van der Waals surface area contributed by atoms with E-state index in [1.807, 2.05) is 6.92 Å². The number of hydrogen-bond donors (Lipinski definition) is 3. The molecule has 0 heterocycles. The van der Waals surface area contributed by atoms with Gasteiger partial charge in [0.1, 0.15) is 5.54 Å². The van der Waals surface area contributed by atoms with Crippen LogP contribution in [0.2, 0.25) is 0 Å². The molecule has 0 unspecified atom stereocenters. The highest BCUT2D eigenvalue weighted by Crippen LogP contribution is 1.98. The van der Waals surface area contributed by atoms with Gasteiger partial charge in [0.15, 0.2) is 5.96 Å². The Morgan fingerprint density at radius 2 is 2.00 bits per heavy atom. The van der Waals surface area contributed by atoms with Crippen molar-refractivity contribution < 1.29 is 4.79 Å². The lowest BCUT2D eigenvalue weighted by Crippen LogP contribution is -2.55. The van der Waals surface area contributed by atoms with Crippen molar-refractivity contribution in [2.75, 3.05) is 6.54 Å². The molecule has 5 nitrogen and oxygen atoms in total. The molecule has 5 heteroatoms. The van der Waals surface area contributed by atoms with E-state index in [4.69, 9.17) is 11.5 Å². The lowest BCUT2D eigenvalue weighted by atomic mass is 10.1. The highest BCUT2D eigenvalue weighted by atomic mass is 16.1. The highest BCUT2D eigenvalue weighted by molar-refractivity contribution is 5.90. The second kappa shape index (κ2) is 3.94. The Kier molecular flexibility index (Phi) is 3.53. The summed E-state index contributed by atoms with van der Waals surface area (Å²) in [6.45, 7) is 5.72. The van der Waals surface area contributed by atoms with Gasteiger partial charge in [0, 0.05) is 6.54 Å². The number of aliphatic imine (C=N–C) groups is 1. The van der Waals surface area contributed by atoms with E-state index < -0.39 is 11.4 Å². The van der Waals surface area contributed by atoms with E-state index in [1.54, 1.807) is 13.8 Å². The maximum Gasteiger partial charge on any atom is 0.242 e. The molecule has 5 N–H and O–H groups in total. The molecule has 12 heavy (non-hydrogen) atoms. The van der Waals surface area contributed by atoms with Crippen LogP contribution in [0.3, 0.4) is 0 Å². The van der Waals surface area contributed by atoms with E-state index in [2.05, 4.69) is 10.3 Å². The first-order chi connectivity index (χ1) is 5.40. The number of nitrogens with zero attached hydrogens (tertiary/aromatic N) is 1. The molecule has 0 saturated carbocycles. The third-order valence-corrected chi connectivity index (χ3v) is 1.39. The van der Waals surface area contributed by atoms with Gasteiger partial charge in [0.25, 0.3) is 0 Å². The van der Waals surface area contributed by atoms with Crippen molar-refractivity contribution in [3.63, 3.8) is 0 Å². The smallest absolute Gasteiger partial charge is 0.242 e. The first-order valence-electron chi connectivity index (χ1n) is 3.78. The number of hydrogen-bond acceptors (Lipinski definition) is 2. The normalized spacial score (nSPS) is 12.8. The van der Waals surface area contributed by atoms with Crippen LogP contribution in [0, 0.1) is 0 Å². The minimum atomic E-state index is -0.844. The van der Waals surface area contributed by atoms with E-state index in [-0.39, 0.29) is 5.96 Å². The fraction of sp³-hybridized carbons (Fsp3) is 0.714. The van der Waals surface area contributed by atoms with Gasteiger partial charge < -0.3 is 16.8 Å². The molecule has 0 atom stereocenters. The molecule has 0 aliphatic heterocycles. The van der Waals surface area contributed by atoms with Gasteiger partial charge in [-0.25, -0.2) is 0 Å². The zero-order chi connectivity index (χ0) is 9.78. The highest BCUT2D eigenvalue weighted by Gasteiger charge is 2.24. The van der Waals surface area contributed by atoms with Crippen molar-refractivity contribution in [2.24, 2.45) is 16.5 Å². The molecule has 0 aliphatic rings. The molecule has 0 bridgehead atoms. The quantitative estimate of drug-likeness (QED) is 0.383. The predicted octanol–water partition coefficient (Wildman–Crippen LogP) is -0.825. The number of carbonyl (C=O) groups is 1. The summed E-state index contributed by atoms with van der Waals surface area (Å²) < 4.78 is 0. The summed E-state index contributed by atoms with van der Waals surface area (Å²) in [5, 5.41) is 2.71. The van der Waals surface area contributed by atoms with E-state index in [1.165, 1.54) is 0 Å². The van der Waals surface area contributed by atoms with Crippen LogP contribution in [0.1, 0.15) is 20.8 Å². The lowest BCUT2D eigenvalue weighted by Gasteiger charge is -2.22. The summed E-state index contributed by atoms with van der Waals surface area (Å²) in [5.74, 6) is -0.224. The molecule has 0 aromatic heterocycles. The first kappa shape index (κ1) is 10.7. The van der Waals surface area contributed by atoms with Crippen LogP contribution in [-0.4, -0.2) is 24.0 Å². The summed E-state index contributed by atoms with van der Waals surface area (Å²) in [4.78, 5) is 14.7. The Morgan fingerprint density at radius 3 is 2.33 bits per heavy atom. The molecule has 0 spiro atoms. The SMILES string of the molecule is CCN=C(N)NC(C)(C)C(N)=O. The van der Waals surface area contributed by atoms with Gasteiger partial charge in [-0.1, -0.05) is 0 Å². The average Bonchev–Trinajstić information content (AvgIpc) is 1.85. The Labute approximate surface area is 72.2 Å². The Balaban J connectivity index is 4.24. The second-order valence-corrected chi connectivity index (χ2v) is 2.97. The van der Waals surface area contributed by atoms with E-state index >= 15 is 0 Å². The third kappa shape index (κ3) is 3.23. The predicted molar refractivity (Wildman–Crippen MR) is 48.6 cm³/mol. The fourth-order valence-electron chi connectivity index (χ4n) is 0.592. The van der Waals surface area contributed by atoms with E-state index in [0.29, 0.717) is 6.54 Å².